The van der Waals surface area contributed by atoms with Crippen molar-refractivity contribution in [3.63, 3.8) is 0 Å². The summed E-state index contributed by atoms with van der Waals surface area (Å²) in [6, 6.07) is 16.3. The summed E-state index contributed by atoms with van der Waals surface area (Å²) in [5.41, 5.74) is 2.76. The van der Waals surface area contributed by atoms with Crippen molar-refractivity contribution in [2.45, 2.75) is 38.7 Å². The van der Waals surface area contributed by atoms with Crippen molar-refractivity contribution in [2.24, 2.45) is 10.9 Å². The Balaban J connectivity index is 2.10. The summed E-state index contributed by atoms with van der Waals surface area (Å²) < 4.78 is 15.8. The van der Waals surface area contributed by atoms with Crippen molar-refractivity contribution in [3.8, 4) is 0 Å². The van der Waals surface area contributed by atoms with Gasteiger partial charge in [-0.05, 0) is 49.9 Å². The minimum absolute atomic E-state index is 0.157. The first kappa shape index (κ1) is 26.2. The van der Waals surface area contributed by atoms with Gasteiger partial charge in [-0.2, -0.15) is 0 Å². The Bertz CT molecular complexity index is 1130. The number of aliphatic imine (C=N–C) groups is 1. The lowest BCUT2D eigenvalue weighted by Crippen LogP contribution is -2.36. The van der Waals surface area contributed by atoms with Crippen LogP contribution in [0.1, 0.15) is 49.8 Å². The number of rotatable bonds is 10. The van der Waals surface area contributed by atoms with Gasteiger partial charge in [0.1, 0.15) is 12.0 Å². The fourth-order valence-corrected chi connectivity index (χ4v) is 4.58. The largest absolute Gasteiger partial charge is 0.468 e. The van der Waals surface area contributed by atoms with Crippen LogP contribution in [0.2, 0.25) is 5.02 Å². The van der Waals surface area contributed by atoms with Crippen LogP contribution in [0.25, 0.3) is 0 Å². The van der Waals surface area contributed by atoms with Crippen LogP contribution in [0.5, 0.6) is 0 Å². The second-order valence-electron chi connectivity index (χ2n) is 8.04. The van der Waals surface area contributed by atoms with E-state index in [9.17, 15) is 14.4 Å². The number of nitrogens with zero attached hydrogens (tertiary/aromatic N) is 1. The van der Waals surface area contributed by atoms with Crippen molar-refractivity contribution < 1.29 is 28.6 Å². The quantitative estimate of drug-likeness (QED) is 0.254. The van der Waals surface area contributed by atoms with Crippen LogP contribution in [0, 0.1) is 5.92 Å². The summed E-state index contributed by atoms with van der Waals surface area (Å²) in [6.45, 7) is 4.02. The Hall–Kier alpha value is -3.45. The third-order valence-corrected chi connectivity index (χ3v) is 6.14. The summed E-state index contributed by atoms with van der Waals surface area (Å²) in [6.07, 6.45) is 0.162. The maximum Gasteiger partial charge on any atom is 0.336 e. The van der Waals surface area contributed by atoms with Gasteiger partial charge in [-0.1, -0.05) is 54.1 Å². The molecule has 2 aromatic rings. The van der Waals surface area contributed by atoms with Gasteiger partial charge in [0.2, 0.25) is 0 Å². The van der Waals surface area contributed by atoms with Crippen molar-refractivity contribution in [1.82, 2.24) is 0 Å². The summed E-state index contributed by atoms with van der Waals surface area (Å²) in [7, 11) is 1.30. The van der Waals surface area contributed by atoms with E-state index < -0.39 is 29.9 Å². The van der Waals surface area contributed by atoms with E-state index in [4.69, 9.17) is 25.8 Å². The van der Waals surface area contributed by atoms with E-state index in [2.05, 4.69) is 4.99 Å². The average molecular weight is 498 g/mol. The van der Waals surface area contributed by atoms with Gasteiger partial charge in [-0.15, -0.1) is 0 Å². The highest BCUT2D eigenvalue weighted by Crippen LogP contribution is 2.42. The molecule has 0 amide bonds. The molecule has 1 heterocycles. The molecule has 0 aromatic heterocycles. The van der Waals surface area contributed by atoms with Gasteiger partial charge in [0, 0.05) is 16.7 Å². The average Bonchev–Trinajstić information content (AvgIpc) is 2.86. The zero-order valence-electron chi connectivity index (χ0n) is 19.9. The van der Waals surface area contributed by atoms with E-state index in [0.29, 0.717) is 41.3 Å². The highest BCUT2D eigenvalue weighted by molar-refractivity contribution is 6.30. The number of carbonyl (C=O) groups is 3. The molecule has 35 heavy (non-hydrogen) atoms. The van der Waals surface area contributed by atoms with Crippen LogP contribution < -0.4 is 0 Å². The first-order chi connectivity index (χ1) is 16.9. The fraction of sp³-hybridized carbons (Fsp3) is 0.333. The van der Waals surface area contributed by atoms with E-state index >= 15 is 0 Å². The SMILES string of the molecule is CCOC(=O)C1=C(CCC(OC=O)c2ccccc2)N=C(C)C(C(=O)OC)C1c1cccc(Cl)c1. The standard InChI is InChI=1S/C27H28ClNO6/c1-4-34-27(32)25-21(13-14-22(35-16-30)18-9-6-5-7-10-18)29-17(2)23(26(31)33-3)24(25)19-11-8-12-20(28)15-19/h5-12,15-16,22-24H,4,13-14H2,1-3H3. The molecule has 1 aliphatic heterocycles. The number of methoxy groups -OCH3 is 1. The Morgan fingerprint density at radius 1 is 1.14 bits per heavy atom. The minimum Gasteiger partial charge on any atom is -0.468 e. The van der Waals surface area contributed by atoms with E-state index in [1.807, 2.05) is 36.4 Å². The van der Waals surface area contributed by atoms with Crippen LogP contribution in [-0.2, 0) is 28.6 Å². The van der Waals surface area contributed by atoms with E-state index in [1.165, 1.54) is 7.11 Å². The molecule has 0 bridgehead atoms. The molecule has 3 unspecified atom stereocenters. The van der Waals surface area contributed by atoms with E-state index in [0.717, 1.165) is 5.56 Å². The molecule has 184 valence electrons. The lowest BCUT2D eigenvalue weighted by Gasteiger charge is -2.32. The van der Waals surface area contributed by atoms with Gasteiger partial charge in [0.15, 0.2) is 0 Å². The second-order valence-corrected chi connectivity index (χ2v) is 8.47. The molecule has 0 fully saturated rings. The normalized spacial score (nSPS) is 18.3. The van der Waals surface area contributed by atoms with Crippen molar-refractivity contribution in [1.29, 1.82) is 0 Å². The second kappa shape index (κ2) is 12.3. The molecule has 0 saturated carbocycles. The number of halogens is 1. The van der Waals surface area contributed by atoms with Crippen LogP contribution in [0.3, 0.4) is 0 Å². The lowest BCUT2D eigenvalue weighted by molar-refractivity contribution is -0.144. The zero-order chi connectivity index (χ0) is 25.4. The number of ether oxygens (including phenoxy) is 3. The number of allylic oxidation sites excluding steroid dienone is 1. The van der Waals surface area contributed by atoms with Gasteiger partial charge in [0.05, 0.1) is 25.0 Å². The molecular weight excluding hydrogens is 470 g/mol. The highest BCUT2D eigenvalue weighted by Gasteiger charge is 2.43. The predicted octanol–water partition coefficient (Wildman–Crippen LogP) is 5.20. The van der Waals surface area contributed by atoms with Crippen molar-refractivity contribution >= 4 is 35.7 Å². The van der Waals surface area contributed by atoms with E-state index in [1.54, 1.807) is 32.0 Å². The van der Waals surface area contributed by atoms with Gasteiger partial charge < -0.3 is 14.2 Å². The highest BCUT2D eigenvalue weighted by atomic mass is 35.5. The summed E-state index contributed by atoms with van der Waals surface area (Å²) >= 11 is 6.26. The number of hydrogen-bond acceptors (Lipinski definition) is 7. The summed E-state index contributed by atoms with van der Waals surface area (Å²) in [4.78, 5) is 41.9. The molecule has 0 aliphatic carbocycles. The predicted molar refractivity (Wildman–Crippen MR) is 132 cm³/mol. The van der Waals surface area contributed by atoms with Gasteiger partial charge in [0.25, 0.3) is 6.47 Å². The molecule has 7 nitrogen and oxygen atoms in total. The summed E-state index contributed by atoms with van der Waals surface area (Å²) in [5, 5.41) is 0.472. The molecule has 1 aliphatic rings. The van der Waals surface area contributed by atoms with Gasteiger partial charge in [-0.3, -0.25) is 14.6 Å². The molecule has 3 atom stereocenters. The van der Waals surface area contributed by atoms with Crippen LogP contribution in [-0.4, -0.2) is 37.8 Å². The number of esters is 2. The molecule has 3 rings (SSSR count). The molecule has 8 heteroatoms. The fourth-order valence-electron chi connectivity index (χ4n) is 4.38. The number of carbonyl (C=O) groups excluding carboxylic acids is 3. The molecule has 0 N–H and O–H groups in total. The van der Waals surface area contributed by atoms with Crippen LogP contribution >= 0.6 is 11.6 Å². The zero-order valence-corrected chi connectivity index (χ0v) is 20.7. The Morgan fingerprint density at radius 2 is 1.89 bits per heavy atom. The van der Waals surface area contributed by atoms with Gasteiger partial charge in [-0.25, -0.2) is 4.79 Å². The Kier molecular flexibility index (Phi) is 9.20. The first-order valence-electron chi connectivity index (χ1n) is 11.3. The maximum atomic E-state index is 13.3. The minimum atomic E-state index is -0.822. The first-order valence-corrected chi connectivity index (χ1v) is 11.7. The smallest absolute Gasteiger partial charge is 0.336 e. The molecule has 2 aromatic carbocycles. The monoisotopic (exact) mass is 497 g/mol. The topological polar surface area (TPSA) is 91.3 Å². The molecular formula is C27H28ClNO6. The molecule has 0 spiro atoms. The maximum absolute atomic E-state index is 13.3. The van der Waals surface area contributed by atoms with Gasteiger partial charge >= 0.3 is 11.9 Å². The molecule has 0 radical (unpaired) electrons. The van der Waals surface area contributed by atoms with Crippen LogP contribution in [0.4, 0.5) is 0 Å². The molecule has 0 saturated heterocycles. The lowest BCUT2D eigenvalue weighted by atomic mass is 9.75. The third kappa shape index (κ3) is 6.17. The van der Waals surface area contributed by atoms with Crippen molar-refractivity contribution in [2.75, 3.05) is 13.7 Å². The summed E-state index contributed by atoms with van der Waals surface area (Å²) in [5.74, 6) is -2.60. The van der Waals surface area contributed by atoms with Crippen molar-refractivity contribution in [3.05, 3.63) is 82.0 Å². The number of hydrogen-bond donors (Lipinski definition) is 0. The van der Waals surface area contributed by atoms with E-state index in [-0.39, 0.29) is 12.2 Å². The Labute approximate surface area is 209 Å². The number of benzene rings is 2. The van der Waals surface area contributed by atoms with Crippen LogP contribution in [0.15, 0.2) is 70.9 Å². The third-order valence-electron chi connectivity index (χ3n) is 5.91. The Morgan fingerprint density at radius 3 is 2.51 bits per heavy atom.